The predicted molar refractivity (Wildman–Crippen MR) is 254 cm³/mol. The first-order valence-corrected chi connectivity index (χ1v) is 21.0. The van der Waals surface area contributed by atoms with Crippen molar-refractivity contribution in [3.63, 3.8) is 0 Å². The van der Waals surface area contributed by atoms with Crippen LogP contribution in [0.5, 0.6) is 0 Å². The standard InChI is InChI=1S/C59H39NO/c1-3-19-44(20-4-1)59(45-21-5-2-6-22-45)52-28-12-9-25-51(52)57-53(59)29-16-31-55(57)60(46-37-35-41(36-38-46)43-34-33-40-17-7-8-18-42(40)39-43)54-30-13-10-23-47(54)49-26-15-27-50-48-24-11-14-32-56(48)61-58(49)50/h1-39H. The molecule has 0 aliphatic heterocycles. The van der Waals surface area contributed by atoms with E-state index in [4.69, 9.17) is 4.42 Å². The summed E-state index contributed by atoms with van der Waals surface area (Å²) in [6.45, 7) is 0. The van der Waals surface area contributed by atoms with Crippen molar-refractivity contribution in [2.24, 2.45) is 0 Å². The number of para-hydroxylation sites is 3. The van der Waals surface area contributed by atoms with Crippen molar-refractivity contribution in [2.75, 3.05) is 4.90 Å². The van der Waals surface area contributed by atoms with E-state index in [2.05, 4.69) is 235 Å². The molecule has 0 N–H and O–H groups in total. The number of fused-ring (bicyclic) bond motifs is 7. The fourth-order valence-electron chi connectivity index (χ4n) is 10.1. The minimum absolute atomic E-state index is 0.532. The molecule has 10 aromatic carbocycles. The van der Waals surface area contributed by atoms with E-state index < -0.39 is 5.41 Å². The molecule has 1 aliphatic carbocycles. The Kier molecular flexibility index (Phi) is 8.11. The van der Waals surface area contributed by atoms with Gasteiger partial charge in [0.1, 0.15) is 11.2 Å². The van der Waals surface area contributed by atoms with Gasteiger partial charge in [-0.15, -0.1) is 0 Å². The van der Waals surface area contributed by atoms with Crippen molar-refractivity contribution in [3.05, 3.63) is 259 Å². The van der Waals surface area contributed by atoms with Crippen molar-refractivity contribution in [3.8, 4) is 33.4 Å². The van der Waals surface area contributed by atoms with Gasteiger partial charge in [0, 0.05) is 33.2 Å². The van der Waals surface area contributed by atoms with Crippen LogP contribution in [0.15, 0.2) is 241 Å². The van der Waals surface area contributed by atoms with E-state index in [0.29, 0.717) is 0 Å². The van der Waals surface area contributed by atoms with Crippen LogP contribution < -0.4 is 4.90 Å². The Balaban J connectivity index is 1.13. The van der Waals surface area contributed by atoms with Crippen LogP contribution in [0.4, 0.5) is 17.1 Å². The second-order valence-corrected chi connectivity index (χ2v) is 16.0. The van der Waals surface area contributed by atoms with Crippen LogP contribution in [0.2, 0.25) is 0 Å². The third kappa shape index (κ3) is 5.43. The number of anilines is 3. The molecule has 1 aliphatic rings. The number of nitrogens with zero attached hydrogens (tertiary/aromatic N) is 1. The topological polar surface area (TPSA) is 16.4 Å². The number of rotatable bonds is 7. The average molecular weight is 778 g/mol. The third-order valence-corrected chi connectivity index (χ3v) is 12.7. The molecule has 0 bridgehead atoms. The largest absolute Gasteiger partial charge is 0.455 e. The molecule has 0 spiro atoms. The van der Waals surface area contributed by atoms with Gasteiger partial charge in [-0.25, -0.2) is 0 Å². The monoisotopic (exact) mass is 777 g/mol. The van der Waals surface area contributed by atoms with E-state index in [1.54, 1.807) is 0 Å². The summed E-state index contributed by atoms with van der Waals surface area (Å²) >= 11 is 0. The Morgan fingerprint density at radius 3 is 1.74 bits per heavy atom. The van der Waals surface area contributed by atoms with E-state index in [0.717, 1.165) is 50.1 Å². The molecule has 0 unspecified atom stereocenters. The zero-order valence-electron chi connectivity index (χ0n) is 33.4. The van der Waals surface area contributed by atoms with Crippen molar-refractivity contribution in [1.82, 2.24) is 0 Å². The Hall–Kier alpha value is -7.94. The highest BCUT2D eigenvalue weighted by molar-refractivity contribution is 6.11. The maximum Gasteiger partial charge on any atom is 0.143 e. The minimum Gasteiger partial charge on any atom is -0.455 e. The summed E-state index contributed by atoms with van der Waals surface area (Å²) in [6.07, 6.45) is 0. The minimum atomic E-state index is -0.532. The first-order valence-electron chi connectivity index (χ1n) is 21.0. The number of hydrogen-bond acceptors (Lipinski definition) is 2. The van der Waals surface area contributed by atoms with E-state index in [1.165, 1.54) is 55.3 Å². The lowest BCUT2D eigenvalue weighted by Gasteiger charge is -2.34. The van der Waals surface area contributed by atoms with Crippen LogP contribution in [-0.4, -0.2) is 0 Å². The summed E-state index contributed by atoms with van der Waals surface area (Å²) in [5, 5.41) is 4.71. The quantitative estimate of drug-likeness (QED) is 0.160. The molecule has 0 fully saturated rings. The molecule has 0 radical (unpaired) electrons. The Labute approximate surface area is 355 Å². The summed E-state index contributed by atoms with van der Waals surface area (Å²) in [5.41, 5.74) is 16.5. The van der Waals surface area contributed by atoms with Gasteiger partial charge in [0.2, 0.25) is 0 Å². The molecule has 0 saturated heterocycles. The lowest BCUT2D eigenvalue weighted by Crippen LogP contribution is -2.28. The van der Waals surface area contributed by atoms with E-state index in [1.807, 2.05) is 6.07 Å². The van der Waals surface area contributed by atoms with Gasteiger partial charge < -0.3 is 9.32 Å². The lowest BCUT2D eigenvalue weighted by atomic mass is 9.68. The van der Waals surface area contributed by atoms with Gasteiger partial charge >= 0.3 is 0 Å². The average Bonchev–Trinajstić information content (AvgIpc) is 3.87. The number of hydrogen-bond donors (Lipinski definition) is 0. The summed E-state index contributed by atoms with van der Waals surface area (Å²) in [4.78, 5) is 2.47. The predicted octanol–water partition coefficient (Wildman–Crippen LogP) is 15.9. The van der Waals surface area contributed by atoms with Crippen LogP contribution in [0, 0.1) is 0 Å². The molecule has 0 amide bonds. The summed E-state index contributed by atoms with van der Waals surface area (Å²) in [7, 11) is 0. The normalized spacial score (nSPS) is 12.7. The third-order valence-electron chi connectivity index (χ3n) is 12.7. The summed E-state index contributed by atoms with van der Waals surface area (Å²) in [6, 6.07) is 86.0. The van der Waals surface area contributed by atoms with E-state index in [9.17, 15) is 0 Å². The Morgan fingerprint density at radius 1 is 0.361 bits per heavy atom. The fourth-order valence-corrected chi connectivity index (χ4v) is 10.1. The second-order valence-electron chi connectivity index (χ2n) is 16.0. The molecule has 2 heteroatoms. The van der Waals surface area contributed by atoms with Gasteiger partial charge in [0.25, 0.3) is 0 Å². The highest BCUT2D eigenvalue weighted by Gasteiger charge is 2.47. The molecule has 12 rings (SSSR count). The summed E-state index contributed by atoms with van der Waals surface area (Å²) < 4.78 is 6.71. The van der Waals surface area contributed by atoms with Crippen molar-refractivity contribution in [1.29, 1.82) is 0 Å². The van der Waals surface area contributed by atoms with Gasteiger partial charge in [0.05, 0.1) is 16.8 Å². The van der Waals surface area contributed by atoms with Gasteiger partial charge in [-0.2, -0.15) is 0 Å². The van der Waals surface area contributed by atoms with Crippen molar-refractivity contribution >= 4 is 49.8 Å². The first kappa shape index (κ1) is 35.0. The lowest BCUT2D eigenvalue weighted by molar-refractivity contribution is 0.670. The highest BCUT2D eigenvalue weighted by atomic mass is 16.3. The number of benzene rings is 10. The maximum absolute atomic E-state index is 6.71. The van der Waals surface area contributed by atoms with Crippen LogP contribution >= 0.6 is 0 Å². The molecule has 2 nitrogen and oxygen atoms in total. The smallest absolute Gasteiger partial charge is 0.143 e. The highest BCUT2D eigenvalue weighted by Crippen LogP contribution is 2.60. The van der Waals surface area contributed by atoms with Crippen LogP contribution in [0.1, 0.15) is 22.3 Å². The molecule has 1 aromatic heterocycles. The van der Waals surface area contributed by atoms with E-state index >= 15 is 0 Å². The van der Waals surface area contributed by atoms with Crippen molar-refractivity contribution < 1.29 is 4.42 Å². The second kappa shape index (κ2) is 14.1. The molecular weight excluding hydrogens is 739 g/mol. The first-order chi connectivity index (χ1) is 30.3. The molecule has 1 heterocycles. The maximum atomic E-state index is 6.71. The Bertz CT molecular complexity index is 3380. The van der Waals surface area contributed by atoms with E-state index in [-0.39, 0.29) is 0 Å². The molecule has 11 aromatic rings. The molecule has 0 saturated carbocycles. The molecule has 61 heavy (non-hydrogen) atoms. The number of furan rings is 1. The van der Waals surface area contributed by atoms with Gasteiger partial charge in [-0.3, -0.25) is 0 Å². The van der Waals surface area contributed by atoms with Gasteiger partial charge in [-0.05, 0) is 86.1 Å². The SMILES string of the molecule is c1ccc(C2(c3ccccc3)c3ccccc3-c3c(N(c4ccc(-c5ccc6ccccc6c5)cc4)c4ccccc4-c4cccc5c4oc4ccccc45)cccc32)cc1. The van der Waals surface area contributed by atoms with Gasteiger partial charge in [0.15, 0.2) is 0 Å². The molecule has 286 valence electrons. The van der Waals surface area contributed by atoms with Crippen LogP contribution in [-0.2, 0) is 5.41 Å². The van der Waals surface area contributed by atoms with Crippen LogP contribution in [0.3, 0.4) is 0 Å². The fraction of sp³-hybridized carbons (Fsp3) is 0.0169. The zero-order valence-corrected chi connectivity index (χ0v) is 33.4. The molecule has 0 atom stereocenters. The Morgan fingerprint density at radius 2 is 0.934 bits per heavy atom. The van der Waals surface area contributed by atoms with Crippen LogP contribution in [0.25, 0.3) is 66.1 Å². The zero-order chi connectivity index (χ0) is 40.3. The summed E-state index contributed by atoms with van der Waals surface area (Å²) in [5.74, 6) is 0. The molecular formula is C59H39NO. The van der Waals surface area contributed by atoms with Gasteiger partial charge in [-0.1, -0.05) is 200 Å². The van der Waals surface area contributed by atoms with Crippen molar-refractivity contribution in [2.45, 2.75) is 5.41 Å².